The van der Waals surface area contributed by atoms with Crippen molar-refractivity contribution < 1.29 is 8.42 Å². The number of fused-ring (bicyclic) bond motifs is 4. The molecular formula is C39H41Cl3N4O2S. The van der Waals surface area contributed by atoms with Gasteiger partial charge in [0.1, 0.15) is 0 Å². The lowest BCUT2D eigenvalue weighted by atomic mass is 10.0. The molecule has 0 amide bonds. The summed E-state index contributed by atoms with van der Waals surface area (Å²) in [5.74, 6) is 0. The molecule has 0 fully saturated rings. The predicted molar refractivity (Wildman–Crippen MR) is 207 cm³/mol. The van der Waals surface area contributed by atoms with Gasteiger partial charge in [-0.1, -0.05) is 89.4 Å². The van der Waals surface area contributed by atoms with Crippen LogP contribution in [0.5, 0.6) is 0 Å². The van der Waals surface area contributed by atoms with Gasteiger partial charge in [0.15, 0.2) is 0 Å². The van der Waals surface area contributed by atoms with Crippen molar-refractivity contribution in [2.24, 2.45) is 5.73 Å². The minimum Gasteiger partial charge on any atom is -0.340 e. The van der Waals surface area contributed by atoms with Gasteiger partial charge in [-0.2, -0.15) is 0 Å². The molecule has 0 bridgehead atoms. The van der Waals surface area contributed by atoms with E-state index in [0.717, 1.165) is 54.2 Å². The Morgan fingerprint density at radius 3 is 1.57 bits per heavy atom. The maximum absolute atomic E-state index is 12.6. The molecule has 5 aromatic carbocycles. The zero-order valence-corrected chi connectivity index (χ0v) is 30.6. The van der Waals surface area contributed by atoms with Gasteiger partial charge in [0.25, 0.3) is 0 Å². The van der Waals surface area contributed by atoms with Crippen LogP contribution in [0.2, 0.25) is 10.0 Å². The van der Waals surface area contributed by atoms with Crippen molar-refractivity contribution in [2.45, 2.75) is 37.5 Å². The maximum Gasteiger partial charge on any atom is 0.240 e. The summed E-state index contributed by atoms with van der Waals surface area (Å²) < 4.78 is 28.0. The fourth-order valence-electron chi connectivity index (χ4n) is 6.47. The second kappa shape index (κ2) is 16.4. The fourth-order valence-corrected chi connectivity index (χ4v) is 7.83. The molecule has 0 saturated heterocycles. The summed E-state index contributed by atoms with van der Waals surface area (Å²) in [5.41, 5.74) is 16.6. The summed E-state index contributed by atoms with van der Waals surface area (Å²) in [7, 11) is -3.55. The minimum absolute atomic E-state index is 0. The van der Waals surface area contributed by atoms with Crippen LogP contribution in [0, 0.1) is 6.92 Å². The maximum atomic E-state index is 12.6. The Balaban J connectivity index is 0.000000203. The molecule has 3 N–H and O–H groups in total. The molecule has 0 atom stereocenters. The third-order valence-corrected chi connectivity index (χ3v) is 10.8. The molecule has 7 rings (SSSR count). The van der Waals surface area contributed by atoms with Crippen molar-refractivity contribution >= 4 is 68.4 Å². The van der Waals surface area contributed by atoms with Gasteiger partial charge in [-0.15, -0.1) is 12.4 Å². The van der Waals surface area contributed by atoms with Crippen molar-refractivity contribution in [3.8, 4) is 0 Å². The Morgan fingerprint density at radius 1 is 0.633 bits per heavy atom. The van der Waals surface area contributed by atoms with Crippen LogP contribution in [-0.2, 0) is 35.7 Å². The number of hydrogen-bond acceptors (Lipinski definition) is 5. The molecule has 2 heterocycles. The van der Waals surface area contributed by atoms with Crippen molar-refractivity contribution in [3.05, 3.63) is 147 Å². The molecule has 0 unspecified atom stereocenters. The van der Waals surface area contributed by atoms with Gasteiger partial charge in [0.05, 0.1) is 4.90 Å². The van der Waals surface area contributed by atoms with E-state index in [-0.39, 0.29) is 23.8 Å². The van der Waals surface area contributed by atoms with Crippen molar-refractivity contribution in [3.63, 3.8) is 0 Å². The van der Waals surface area contributed by atoms with Crippen LogP contribution >= 0.6 is 35.6 Å². The molecule has 0 saturated carbocycles. The van der Waals surface area contributed by atoms with E-state index >= 15 is 0 Å². The van der Waals surface area contributed by atoms with Gasteiger partial charge in [-0.25, -0.2) is 13.1 Å². The summed E-state index contributed by atoms with van der Waals surface area (Å²) >= 11 is 12.4. The second-order valence-corrected chi connectivity index (χ2v) is 14.7. The number of nitrogens with zero attached hydrogens (tertiary/aromatic N) is 2. The summed E-state index contributed by atoms with van der Waals surface area (Å²) in [5, 5.41) is 1.45. The van der Waals surface area contributed by atoms with Crippen LogP contribution in [0.1, 0.15) is 27.8 Å². The van der Waals surface area contributed by atoms with Crippen LogP contribution in [0.4, 0.5) is 22.7 Å². The first kappa shape index (κ1) is 36.7. The number of sulfonamides is 1. The highest BCUT2D eigenvalue weighted by molar-refractivity contribution is 7.89. The van der Waals surface area contributed by atoms with Crippen LogP contribution < -0.4 is 20.3 Å². The van der Waals surface area contributed by atoms with E-state index in [4.69, 9.17) is 28.9 Å². The van der Waals surface area contributed by atoms with E-state index in [1.165, 1.54) is 33.6 Å². The zero-order chi connectivity index (χ0) is 33.7. The molecule has 0 aliphatic carbocycles. The topological polar surface area (TPSA) is 78.7 Å². The average molecular weight is 736 g/mol. The highest BCUT2D eigenvalue weighted by atomic mass is 35.5. The highest BCUT2D eigenvalue weighted by Gasteiger charge is 2.22. The zero-order valence-electron chi connectivity index (χ0n) is 27.4. The summed E-state index contributed by atoms with van der Waals surface area (Å²) in [6, 6.07) is 35.8. The van der Waals surface area contributed by atoms with Crippen molar-refractivity contribution in [1.82, 2.24) is 4.72 Å². The van der Waals surface area contributed by atoms with Crippen molar-refractivity contribution in [1.29, 1.82) is 0 Å². The molecule has 0 radical (unpaired) electrons. The van der Waals surface area contributed by atoms with E-state index in [1.54, 1.807) is 24.3 Å². The predicted octanol–water partition coefficient (Wildman–Crippen LogP) is 8.82. The quantitative estimate of drug-likeness (QED) is 0.175. The van der Waals surface area contributed by atoms with Crippen LogP contribution in [0.3, 0.4) is 0 Å². The lowest BCUT2D eigenvalue weighted by Gasteiger charge is -2.27. The number of anilines is 4. The number of nitrogens with one attached hydrogen (secondary N) is 1. The number of benzene rings is 5. The smallest absolute Gasteiger partial charge is 0.240 e. The van der Waals surface area contributed by atoms with Crippen LogP contribution in [-0.4, -0.2) is 34.6 Å². The van der Waals surface area contributed by atoms with E-state index < -0.39 is 10.0 Å². The Hall–Kier alpha value is -3.56. The Morgan fingerprint density at radius 2 is 1.08 bits per heavy atom. The lowest BCUT2D eigenvalue weighted by molar-refractivity contribution is 0.582. The van der Waals surface area contributed by atoms with Gasteiger partial charge in [0.2, 0.25) is 10.0 Å². The molecule has 256 valence electrons. The van der Waals surface area contributed by atoms with E-state index in [0.29, 0.717) is 18.1 Å². The molecule has 2 aliphatic heterocycles. The molecule has 2 aliphatic rings. The highest BCUT2D eigenvalue weighted by Crippen LogP contribution is 2.38. The lowest BCUT2D eigenvalue weighted by Crippen LogP contribution is -2.33. The van der Waals surface area contributed by atoms with Crippen LogP contribution in [0.25, 0.3) is 0 Å². The van der Waals surface area contributed by atoms with Crippen LogP contribution in [0.15, 0.2) is 114 Å². The molecule has 49 heavy (non-hydrogen) atoms. The molecule has 6 nitrogen and oxygen atoms in total. The normalized spacial score (nSPS) is 13.3. The van der Waals surface area contributed by atoms with E-state index in [1.807, 2.05) is 37.3 Å². The van der Waals surface area contributed by atoms with E-state index in [2.05, 4.69) is 69.1 Å². The van der Waals surface area contributed by atoms with Crippen molar-refractivity contribution in [2.75, 3.05) is 36.0 Å². The minimum atomic E-state index is -3.55. The first-order chi connectivity index (χ1) is 23.2. The largest absolute Gasteiger partial charge is 0.340 e. The van der Waals surface area contributed by atoms with E-state index in [9.17, 15) is 8.42 Å². The first-order valence-corrected chi connectivity index (χ1v) is 18.5. The molecule has 0 aromatic heterocycles. The van der Waals surface area contributed by atoms with Gasteiger partial charge in [0, 0.05) is 59.0 Å². The third-order valence-electron chi connectivity index (χ3n) is 8.88. The fraction of sp³-hybridized carbons (Fsp3) is 0.231. The summed E-state index contributed by atoms with van der Waals surface area (Å²) in [4.78, 5) is 4.74. The number of halogens is 3. The second-order valence-electron chi connectivity index (χ2n) is 12.1. The summed E-state index contributed by atoms with van der Waals surface area (Å²) in [6.07, 6.45) is 3.97. The Bertz CT molecular complexity index is 2000. The third kappa shape index (κ3) is 8.61. The first-order valence-electron chi connectivity index (χ1n) is 16.3. The molecule has 5 aromatic rings. The SMILES string of the molecule is Cc1ccc(S(=O)(=O)NCCN2c3ccccc3CCc3ccc(Cl)cc32)cc1.Cl.NCCN1c2ccccc2CCc2ccc(Cl)cc21. The molecule has 10 heteroatoms. The average Bonchev–Trinajstić information content (AvgIpc) is 3.33. The monoisotopic (exact) mass is 734 g/mol. The Labute approximate surface area is 306 Å². The number of aryl methyl sites for hydroxylation is 5. The number of para-hydroxylation sites is 2. The standard InChI is InChI=1S/C23H23ClN2O2S.C16H17ClN2.ClH/c1-17-6-12-21(13-7-17)29(27,28)25-14-15-26-22-5-3-2-4-18(22)8-9-19-10-11-20(24)16-23(19)26;17-14-8-7-13-6-5-12-3-1-2-4-15(12)19(10-9-18)16(13)11-14;/h2-7,10-13,16,25H,8-9,14-15H2,1H3;1-4,7-8,11H,5-6,9-10,18H2;1H. The summed E-state index contributed by atoms with van der Waals surface area (Å²) in [6.45, 7) is 4.17. The van der Waals surface area contributed by atoms with Gasteiger partial charge in [-0.05, 0) is 103 Å². The molecular weight excluding hydrogens is 695 g/mol. The van der Waals surface area contributed by atoms with Gasteiger partial charge < -0.3 is 15.5 Å². The number of rotatable bonds is 7. The van der Waals surface area contributed by atoms with Gasteiger partial charge in [-0.3, -0.25) is 0 Å². The Kier molecular flexibility index (Phi) is 12.3. The molecule has 0 spiro atoms. The number of hydrogen-bond donors (Lipinski definition) is 2. The number of nitrogens with two attached hydrogens (primary N) is 1. The van der Waals surface area contributed by atoms with Gasteiger partial charge >= 0.3 is 0 Å².